The van der Waals surface area contributed by atoms with Crippen LogP contribution in [0.15, 0.2) is 42.5 Å². The highest BCUT2D eigenvalue weighted by Crippen LogP contribution is 2.21. The first-order chi connectivity index (χ1) is 9.49. The van der Waals surface area contributed by atoms with Gasteiger partial charge in [-0.1, -0.05) is 23.7 Å². The van der Waals surface area contributed by atoms with E-state index in [4.69, 9.17) is 17.3 Å². The van der Waals surface area contributed by atoms with Gasteiger partial charge >= 0.3 is 0 Å². The second kappa shape index (κ2) is 5.92. The van der Waals surface area contributed by atoms with E-state index < -0.39 is 11.7 Å². The van der Waals surface area contributed by atoms with Crippen LogP contribution >= 0.6 is 11.6 Å². The quantitative estimate of drug-likeness (QED) is 0.882. The highest BCUT2D eigenvalue weighted by molar-refractivity contribution is 6.31. The summed E-state index contributed by atoms with van der Waals surface area (Å²) in [7, 11) is 1.59. The number of nitrogen functional groups attached to an aromatic ring is 1. The van der Waals surface area contributed by atoms with Crippen LogP contribution in [-0.4, -0.2) is 17.9 Å². The second-order valence-electron chi connectivity index (χ2n) is 4.49. The molecule has 0 aliphatic rings. The largest absolute Gasteiger partial charge is 0.399 e. The Bertz CT molecular complexity index is 646. The van der Waals surface area contributed by atoms with Crippen molar-refractivity contribution >= 4 is 23.2 Å². The Hall–Kier alpha value is -2.07. The van der Waals surface area contributed by atoms with Gasteiger partial charge in [-0.05, 0) is 35.9 Å². The third kappa shape index (κ3) is 3.08. The average molecular weight is 293 g/mol. The number of nitrogens with two attached hydrogens (primary N) is 1. The standard InChI is InChI=1S/C15H14ClFN2O/c1-19(9-10-8-11(18)6-7-13(10)16)15(20)12-4-2-3-5-14(12)17/h2-8H,9,18H2,1H3. The van der Waals surface area contributed by atoms with Gasteiger partial charge in [-0.25, -0.2) is 4.39 Å². The van der Waals surface area contributed by atoms with E-state index in [2.05, 4.69) is 0 Å². The highest BCUT2D eigenvalue weighted by Gasteiger charge is 2.16. The van der Waals surface area contributed by atoms with E-state index in [0.717, 1.165) is 5.56 Å². The van der Waals surface area contributed by atoms with Gasteiger partial charge < -0.3 is 10.6 Å². The molecule has 20 heavy (non-hydrogen) atoms. The van der Waals surface area contributed by atoms with Crippen molar-refractivity contribution in [2.45, 2.75) is 6.54 Å². The summed E-state index contributed by atoms with van der Waals surface area (Å²) >= 11 is 6.05. The van der Waals surface area contributed by atoms with Crippen molar-refractivity contribution in [2.24, 2.45) is 0 Å². The summed E-state index contributed by atoms with van der Waals surface area (Å²) in [5, 5.41) is 0.521. The van der Waals surface area contributed by atoms with Crippen LogP contribution in [0.3, 0.4) is 0 Å². The Morgan fingerprint density at radius 3 is 2.70 bits per heavy atom. The van der Waals surface area contributed by atoms with Gasteiger partial charge in [0.2, 0.25) is 0 Å². The van der Waals surface area contributed by atoms with Crippen molar-refractivity contribution in [2.75, 3.05) is 12.8 Å². The van der Waals surface area contributed by atoms with Crippen LogP contribution in [-0.2, 0) is 6.54 Å². The third-order valence-electron chi connectivity index (χ3n) is 2.93. The predicted octanol–water partition coefficient (Wildman–Crippen LogP) is 3.33. The zero-order valence-electron chi connectivity index (χ0n) is 10.9. The number of amides is 1. The SMILES string of the molecule is CN(Cc1cc(N)ccc1Cl)C(=O)c1ccccc1F. The lowest BCUT2D eigenvalue weighted by Crippen LogP contribution is -2.27. The fraction of sp³-hybridized carbons (Fsp3) is 0.133. The van der Waals surface area contributed by atoms with E-state index >= 15 is 0 Å². The Morgan fingerprint density at radius 1 is 1.30 bits per heavy atom. The topological polar surface area (TPSA) is 46.3 Å². The molecule has 0 aromatic heterocycles. The van der Waals surface area contributed by atoms with Crippen LogP contribution in [0.4, 0.5) is 10.1 Å². The monoisotopic (exact) mass is 292 g/mol. The first-order valence-corrected chi connectivity index (χ1v) is 6.40. The molecular formula is C15H14ClFN2O. The second-order valence-corrected chi connectivity index (χ2v) is 4.90. The molecule has 5 heteroatoms. The summed E-state index contributed by atoms with van der Waals surface area (Å²) in [6.45, 7) is 0.261. The maximum atomic E-state index is 13.6. The van der Waals surface area contributed by atoms with Crippen LogP contribution in [0, 0.1) is 5.82 Å². The summed E-state index contributed by atoms with van der Waals surface area (Å²) in [6, 6.07) is 10.9. The molecule has 2 N–H and O–H groups in total. The zero-order chi connectivity index (χ0) is 14.7. The number of anilines is 1. The number of benzene rings is 2. The van der Waals surface area contributed by atoms with Crippen LogP contribution in [0.25, 0.3) is 0 Å². The molecule has 2 aromatic carbocycles. The lowest BCUT2D eigenvalue weighted by molar-refractivity contribution is 0.0780. The van der Waals surface area contributed by atoms with Crippen LogP contribution in [0.1, 0.15) is 15.9 Å². The molecule has 2 aromatic rings. The number of carbonyl (C=O) groups excluding carboxylic acids is 1. The van der Waals surface area contributed by atoms with Crippen molar-refractivity contribution < 1.29 is 9.18 Å². The lowest BCUT2D eigenvalue weighted by Gasteiger charge is -2.18. The first-order valence-electron chi connectivity index (χ1n) is 6.03. The lowest BCUT2D eigenvalue weighted by atomic mass is 10.1. The molecule has 1 amide bonds. The molecule has 0 aliphatic heterocycles. The van der Waals surface area contributed by atoms with Crippen molar-refractivity contribution in [3.63, 3.8) is 0 Å². The molecule has 0 spiro atoms. The zero-order valence-corrected chi connectivity index (χ0v) is 11.7. The Balaban J connectivity index is 2.20. The van der Waals surface area contributed by atoms with Gasteiger partial charge in [0, 0.05) is 24.3 Å². The van der Waals surface area contributed by atoms with Crippen molar-refractivity contribution in [3.8, 4) is 0 Å². The maximum Gasteiger partial charge on any atom is 0.256 e. The van der Waals surface area contributed by atoms with Gasteiger partial charge in [-0.2, -0.15) is 0 Å². The minimum atomic E-state index is -0.539. The summed E-state index contributed by atoms with van der Waals surface area (Å²) in [4.78, 5) is 13.6. The smallest absolute Gasteiger partial charge is 0.256 e. The van der Waals surface area contributed by atoms with E-state index in [0.29, 0.717) is 10.7 Å². The number of rotatable bonds is 3. The summed E-state index contributed by atoms with van der Waals surface area (Å²) in [6.07, 6.45) is 0. The number of hydrogen-bond acceptors (Lipinski definition) is 2. The average Bonchev–Trinajstić information content (AvgIpc) is 2.42. The molecule has 0 saturated carbocycles. The number of halogens is 2. The molecule has 0 unspecified atom stereocenters. The minimum Gasteiger partial charge on any atom is -0.399 e. The van der Waals surface area contributed by atoms with Crippen LogP contribution in [0.2, 0.25) is 5.02 Å². The molecule has 3 nitrogen and oxygen atoms in total. The maximum absolute atomic E-state index is 13.6. The summed E-state index contributed by atoms with van der Waals surface area (Å²) in [5.41, 5.74) is 7.02. The fourth-order valence-electron chi connectivity index (χ4n) is 1.88. The minimum absolute atomic E-state index is 0.0371. The Labute approximate surface area is 121 Å². The predicted molar refractivity (Wildman–Crippen MR) is 78.1 cm³/mol. The molecule has 0 heterocycles. The molecule has 104 valence electrons. The Kier molecular flexibility index (Phi) is 4.25. The van der Waals surface area contributed by atoms with E-state index in [9.17, 15) is 9.18 Å². The molecule has 2 rings (SSSR count). The van der Waals surface area contributed by atoms with Gasteiger partial charge in [0.05, 0.1) is 5.56 Å². The first kappa shape index (κ1) is 14.3. The number of hydrogen-bond donors (Lipinski definition) is 1. The van der Waals surface area contributed by atoms with E-state index in [1.165, 1.54) is 17.0 Å². The molecular weight excluding hydrogens is 279 g/mol. The van der Waals surface area contributed by atoms with Crippen LogP contribution < -0.4 is 5.73 Å². The molecule has 0 radical (unpaired) electrons. The number of nitrogens with zero attached hydrogens (tertiary/aromatic N) is 1. The third-order valence-corrected chi connectivity index (χ3v) is 3.30. The molecule has 0 fully saturated rings. The van der Waals surface area contributed by atoms with Crippen molar-refractivity contribution in [1.82, 2.24) is 4.90 Å². The highest BCUT2D eigenvalue weighted by atomic mass is 35.5. The van der Waals surface area contributed by atoms with E-state index in [1.54, 1.807) is 37.4 Å². The Morgan fingerprint density at radius 2 is 2.00 bits per heavy atom. The summed E-state index contributed by atoms with van der Waals surface area (Å²) in [5.74, 6) is -0.940. The van der Waals surface area contributed by atoms with Gasteiger partial charge in [0.1, 0.15) is 5.82 Å². The van der Waals surface area contributed by atoms with E-state index in [1.807, 2.05) is 0 Å². The fourth-order valence-corrected chi connectivity index (χ4v) is 2.06. The van der Waals surface area contributed by atoms with E-state index in [-0.39, 0.29) is 12.1 Å². The van der Waals surface area contributed by atoms with Crippen LogP contribution in [0.5, 0.6) is 0 Å². The normalized spacial score (nSPS) is 10.3. The van der Waals surface area contributed by atoms with Crippen molar-refractivity contribution in [1.29, 1.82) is 0 Å². The molecule has 0 saturated heterocycles. The van der Waals surface area contributed by atoms with Gasteiger partial charge in [0.15, 0.2) is 0 Å². The van der Waals surface area contributed by atoms with Gasteiger partial charge in [-0.15, -0.1) is 0 Å². The van der Waals surface area contributed by atoms with Crippen molar-refractivity contribution in [3.05, 3.63) is 64.4 Å². The molecule has 0 atom stereocenters. The summed E-state index contributed by atoms with van der Waals surface area (Å²) < 4.78 is 13.6. The molecule has 0 aliphatic carbocycles. The van der Waals surface area contributed by atoms with Gasteiger partial charge in [-0.3, -0.25) is 4.79 Å². The van der Waals surface area contributed by atoms with Gasteiger partial charge in [0.25, 0.3) is 5.91 Å². The molecule has 0 bridgehead atoms. The number of carbonyl (C=O) groups is 1.